The van der Waals surface area contributed by atoms with Crippen LogP contribution in [0.4, 0.5) is 0 Å². The van der Waals surface area contributed by atoms with E-state index in [4.69, 9.17) is 4.74 Å². The highest BCUT2D eigenvalue weighted by molar-refractivity contribution is 5.59. The van der Waals surface area contributed by atoms with Crippen LogP contribution in [0.1, 0.15) is 70.9 Å². The van der Waals surface area contributed by atoms with Gasteiger partial charge in [0.15, 0.2) is 0 Å². The summed E-state index contributed by atoms with van der Waals surface area (Å²) in [5.74, 6) is 0.921. The van der Waals surface area contributed by atoms with Crippen LogP contribution < -0.4 is 4.74 Å². The van der Waals surface area contributed by atoms with E-state index in [1.54, 1.807) is 0 Å². The second-order valence-electron chi connectivity index (χ2n) is 6.65. The molecule has 0 aliphatic carbocycles. The first-order valence-electron chi connectivity index (χ1n) is 9.89. The molecular weight excluding hydrogens is 308 g/mol. The Morgan fingerprint density at radius 2 is 1.44 bits per heavy atom. The summed E-state index contributed by atoms with van der Waals surface area (Å²) in [6.45, 7) is 5.20. The monoisotopic (exact) mass is 340 g/mol. The predicted octanol–water partition coefficient (Wildman–Crippen LogP) is 6.23. The highest BCUT2D eigenvalue weighted by Gasteiger charge is 2.03. The van der Waals surface area contributed by atoms with Gasteiger partial charge < -0.3 is 4.74 Å². The molecule has 2 rings (SSSR count). The number of rotatable bonds is 12. The summed E-state index contributed by atoms with van der Waals surface area (Å²) in [5, 5.41) is 8.78. The number of nitrogens with zero attached hydrogens (tertiary/aromatic N) is 2. The standard InChI is InChI=1S/C22H32N2O/c1-3-5-7-8-9-10-11-20-14-17-22(24-23-20)19-12-15-21(16-13-19)25-18-6-4-2/h12-17H,3-11,18H2,1-2H3. The van der Waals surface area contributed by atoms with Crippen molar-refractivity contribution in [2.45, 2.75) is 71.6 Å². The molecule has 0 spiro atoms. The highest BCUT2D eigenvalue weighted by atomic mass is 16.5. The second-order valence-corrected chi connectivity index (χ2v) is 6.65. The Hall–Kier alpha value is -1.90. The molecule has 2 aromatic rings. The van der Waals surface area contributed by atoms with E-state index in [2.05, 4.69) is 48.3 Å². The first-order chi connectivity index (χ1) is 12.3. The van der Waals surface area contributed by atoms with Gasteiger partial charge in [0.25, 0.3) is 0 Å². The number of aryl methyl sites for hydroxylation is 1. The van der Waals surface area contributed by atoms with Crippen molar-refractivity contribution in [3.8, 4) is 17.0 Å². The maximum Gasteiger partial charge on any atom is 0.119 e. The van der Waals surface area contributed by atoms with Crippen molar-refractivity contribution in [3.63, 3.8) is 0 Å². The normalized spacial score (nSPS) is 10.8. The average molecular weight is 341 g/mol. The summed E-state index contributed by atoms with van der Waals surface area (Å²) < 4.78 is 5.70. The van der Waals surface area contributed by atoms with Gasteiger partial charge >= 0.3 is 0 Å². The SMILES string of the molecule is CCCCCCCCc1ccc(-c2ccc(OCCCC)cc2)nn1. The molecule has 0 amide bonds. The molecule has 136 valence electrons. The van der Waals surface area contributed by atoms with E-state index >= 15 is 0 Å². The van der Waals surface area contributed by atoms with E-state index in [9.17, 15) is 0 Å². The number of ether oxygens (including phenoxy) is 1. The Bertz CT molecular complexity index is 578. The number of benzene rings is 1. The van der Waals surface area contributed by atoms with Crippen molar-refractivity contribution >= 4 is 0 Å². The van der Waals surface area contributed by atoms with Crippen LogP contribution >= 0.6 is 0 Å². The third kappa shape index (κ3) is 7.25. The summed E-state index contributed by atoms with van der Waals surface area (Å²) in [6, 6.07) is 12.3. The number of hydrogen-bond acceptors (Lipinski definition) is 3. The van der Waals surface area contributed by atoms with Crippen LogP contribution in [-0.2, 0) is 6.42 Å². The van der Waals surface area contributed by atoms with Crippen LogP contribution in [0.3, 0.4) is 0 Å². The molecule has 0 saturated heterocycles. The molecule has 0 aliphatic rings. The first kappa shape index (κ1) is 19.4. The van der Waals surface area contributed by atoms with Crippen LogP contribution in [0.15, 0.2) is 36.4 Å². The van der Waals surface area contributed by atoms with Crippen molar-refractivity contribution in [2.75, 3.05) is 6.61 Å². The van der Waals surface area contributed by atoms with Crippen molar-refractivity contribution in [1.82, 2.24) is 10.2 Å². The average Bonchev–Trinajstić information content (AvgIpc) is 2.66. The highest BCUT2D eigenvalue weighted by Crippen LogP contribution is 2.21. The maximum atomic E-state index is 5.70. The summed E-state index contributed by atoms with van der Waals surface area (Å²) in [4.78, 5) is 0. The Morgan fingerprint density at radius 1 is 0.720 bits per heavy atom. The van der Waals surface area contributed by atoms with Gasteiger partial charge in [-0.15, -0.1) is 0 Å². The second kappa shape index (κ2) is 11.6. The topological polar surface area (TPSA) is 35.0 Å². The molecule has 1 aromatic heterocycles. The molecule has 0 aliphatic heterocycles. The lowest BCUT2D eigenvalue weighted by Crippen LogP contribution is -1.97. The maximum absolute atomic E-state index is 5.70. The minimum Gasteiger partial charge on any atom is -0.494 e. The molecular formula is C22H32N2O. The number of unbranched alkanes of at least 4 members (excludes halogenated alkanes) is 6. The third-order valence-corrected chi connectivity index (χ3v) is 4.42. The minimum atomic E-state index is 0.781. The molecule has 0 radical (unpaired) electrons. The van der Waals surface area contributed by atoms with Crippen LogP contribution in [0.2, 0.25) is 0 Å². The first-order valence-corrected chi connectivity index (χ1v) is 9.89. The van der Waals surface area contributed by atoms with Crippen molar-refractivity contribution < 1.29 is 4.74 Å². The fourth-order valence-electron chi connectivity index (χ4n) is 2.79. The molecule has 3 nitrogen and oxygen atoms in total. The van der Waals surface area contributed by atoms with E-state index in [-0.39, 0.29) is 0 Å². The van der Waals surface area contributed by atoms with Crippen LogP contribution in [0.5, 0.6) is 5.75 Å². The van der Waals surface area contributed by atoms with Gasteiger partial charge in [0, 0.05) is 5.56 Å². The molecule has 0 N–H and O–H groups in total. The van der Waals surface area contributed by atoms with Crippen molar-refractivity contribution in [1.29, 1.82) is 0 Å². The molecule has 3 heteroatoms. The fraction of sp³-hybridized carbons (Fsp3) is 0.545. The molecule has 0 fully saturated rings. The van der Waals surface area contributed by atoms with Crippen LogP contribution in [0.25, 0.3) is 11.3 Å². The van der Waals surface area contributed by atoms with Gasteiger partial charge in [0.2, 0.25) is 0 Å². The van der Waals surface area contributed by atoms with E-state index in [1.807, 2.05) is 12.1 Å². The van der Waals surface area contributed by atoms with E-state index in [1.165, 1.54) is 38.5 Å². The largest absolute Gasteiger partial charge is 0.494 e. The Kier molecular flexibility index (Phi) is 9.03. The van der Waals surface area contributed by atoms with Crippen LogP contribution in [0, 0.1) is 0 Å². The molecule has 0 bridgehead atoms. The van der Waals surface area contributed by atoms with Crippen LogP contribution in [-0.4, -0.2) is 16.8 Å². The minimum absolute atomic E-state index is 0.781. The Morgan fingerprint density at radius 3 is 2.12 bits per heavy atom. The van der Waals surface area contributed by atoms with Crippen molar-refractivity contribution in [2.24, 2.45) is 0 Å². The van der Waals surface area contributed by atoms with Gasteiger partial charge in [-0.2, -0.15) is 10.2 Å². The summed E-state index contributed by atoms with van der Waals surface area (Å²) >= 11 is 0. The Labute approximate surface area is 152 Å². The third-order valence-electron chi connectivity index (χ3n) is 4.42. The van der Waals surface area contributed by atoms with Gasteiger partial charge in [-0.05, 0) is 55.7 Å². The van der Waals surface area contributed by atoms with Crippen molar-refractivity contribution in [3.05, 3.63) is 42.1 Å². The summed E-state index contributed by atoms with van der Waals surface area (Å²) in [5.41, 5.74) is 3.10. The molecule has 0 unspecified atom stereocenters. The fourth-order valence-corrected chi connectivity index (χ4v) is 2.79. The van der Waals surface area contributed by atoms with Gasteiger partial charge in [-0.3, -0.25) is 0 Å². The zero-order valence-corrected chi connectivity index (χ0v) is 15.8. The summed E-state index contributed by atoms with van der Waals surface area (Å²) in [7, 11) is 0. The zero-order chi connectivity index (χ0) is 17.7. The molecule has 1 heterocycles. The van der Waals surface area contributed by atoms with Gasteiger partial charge in [-0.25, -0.2) is 0 Å². The zero-order valence-electron chi connectivity index (χ0n) is 15.8. The number of hydrogen-bond donors (Lipinski definition) is 0. The summed E-state index contributed by atoms with van der Waals surface area (Å²) in [6.07, 6.45) is 11.1. The van der Waals surface area contributed by atoms with Gasteiger partial charge in [-0.1, -0.05) is 52.4 Å². The lowest BCUT2D eigenvalue weighted by atomic mass is 10.1. The quantitative estimate of drug-likeness (QED) is 0.430. The smallest absolute Gasteiger partial charge is 0.119 e. The lowest BCUT2D eigenvalue weighted by molar-refractivity contribution is 0.309. The molecule has 25 heavy (non-hydrogen) atoms. The van der Waals surface area contributed by atoms with Gasteiger partial charge in [0.05, 0.1) is 18.0 Å². The van der Waals surface area contributed by atoms with E-state index in [0.717, 1.165) is 48.6 Å². The lowest BCUT2D eigenvalue weighted by Gasteiger charge is -2.06. The van der Waals surface area contributed by atoms with E-state index < -0.39 is 0 Å². The number of aromatic nitrogens is 2. The van der Waals surface area contributed by atoms with Gasteiger partial charge in [0.1, 0.15) is 5.75 Å². The molecule has 0 atom stereocenters. The molecule has 1 aromatic carbocycles. The van der Waals surface area contributed by atoms with E-state index in [0.29, 0.717) is 0 Å². The molecule has 0 saturated carbocycles. The Balaban J connectivity index is 1.79. The predicted molar refractivity (Wildman–Crippen MR) is 105 cm³/mol.